The lowest BCUT2D eigenvalue weighted by atomic mass is 9.71. The summed E-state index contributed by atoms with van der Waals surface area (Å²) in [7, 11) is 0. The van der Waals surface area contributed by atoms with Crippen LogP contribution in [0, 0.1) is 19.3 Å². The number of aliphatic carboxylic acids is 1. The van der Waals surface area contributed by atoms with E-state index in [9.17, 15) is 9.90 Å². The SMILES string of the molecule is Cc1cnc(C)c(NCC2(CC(=O)O)CCCCC2)n1. The Morgan fingerprint density at radius 2 is 2.05 bits per heavy atom. The van der Waals surface area contributed by atoms with Crippen LogP contribution >= 0.6 is 0 Å². The van der Waals surface area contributed by atoms with Crippen LogP contribution in [0.5, 0.6) is 0 Å². The molecule has 1 fully saturated rings. The molecule has 110 valence electrons. The fourth-order valence-electron chi connectivity index (χ4n) is 3.01. The number of hydrogen-bond donors (Lipinski definition) is 2. The maximum atomic E-state index is 11.1. The molecule has 0 amide bonds. The first kappa shape index (κ1) is 14.8. The molecule has 1 aliphatic carbocycles. The predicted molar refractivity (Wildman–Crippen MR) is 77.8 cm³/mol. The van der Waals surface area contributed by atoms with Crippen molar-refractivity contribution in [3.63, 3.8) is 0 Å². The van der Waals surface area contributed by atoms with Crippen molar-refractivity contribution < 1.29 is 9.90 Å². The van der Waals surface area contributed by atoms with Gasteiger partial charge in [-0.25, -0.2) is 4.98 Å². The van der Waals surface area contributed by atoms with Gasteiger partial charge in [0, 0.05) is 12.7 Å². The van der Waals surface area contributed by atoms with E-state index < -0.39 is 5.97 Å². The Morgan fingerprint density at radius 1 is 1.35 bits per heavy atom. The van der Waals surface area contributed by atoms with Crippen molar-refractivity contribution in [3.8, 4) is 0 Å². The van der Waals surface area contributed by atoms with Crippen molar-refractivity contribution >= 4 is 11.8 Å². The fourth-order valence-corrected chi connectivity index (χ4v) is 3.01. The number of hydrogen-bond acceptors (Lipinski definition) is 4. The number of carboxylic acids is 1. The summed E-state index contributed by atoms with van der Waals surface area (Å²) in [5, 5.41) is 12.5. The van der Waals surface area contributed by atoms with E-state index in [-0.39, 0.29) is 11.8 Å². The Balaban J connectivity index is 2.08. The fraction of sp³-hybridized carbons (Fsp3) is 0.667. The highest BCUT2D eigenvalue weighted by Gasteiger charge is 2.34. The van der Waals surface area contributed by atoms with E-state index in [0.29, 0.717) is 6.54 Å². The first-order valence-corrected chi connectivity index (χ1v) is 7.27. The van der Waals surface area contributed by atoms with Gasteiger partial charge in [0.05, 0.1) is 17.8 Å². The number of aryl methyl sites for hydroxylation is 2. The van der Waals surface area contributed by atoms with Gasteiger partial charge < -0.3 is 10.4 Å². The monoisotopic (exact) mass is 277 g/mol. The lowest BCUT2D eigenvalue weighted by molar-refractivity contribution is -0.140. The molecular formula is C15H23N3O2. The molecule has 0 radical (unpaired) electrons. The number of anilines is 1. The number of rotatable bonds is 5. The van der Waals surface area contributed by atoms with Crippen LogP contribution in [0.3, 0.4) is 0 Å². The summed E-state index contributed by atoms with van der Waals surface area (Å²) in [6.07, 6.45) is 7.38. The molecule has 20 heavy (non-hydrogen) atoms. The molecule has 0 unspecified atom stereocenters. The van der Waals surface area contributed by atoms with Gasteiger partial charge in [-0.05, 0) is 32.1 Å². The van der Waals surface area contributed by atoms with Crippen LogP contribution in [-0.2, 0) is 4.79 Å². The van der Waals surface area contributed by atoms with Crippen molar-refractivity contribution in [2.75, 3.05) is 11.9 Å². The lowest BCUT2D eigenvalue weighted by Crippen LogP contribution is -2.34. The molecule has 1 aliphatic rings. The molecule has 0 spiro atoms. The molecule has 2 N–H and O–H groups in total. The van der Waals surface area contributed by atoms with Crippen LogP contribution in [0.2, 0.25) is 0 Å². The molecule has 0 aromatic carbocycles. The highest BCUT2D eigenvalue weighted by molar-refractivity contribution is 5.68. The molecule has 0 saturated heterocycles. The Labute approximate surface area is 119 Å². The van der Waals surface area contributed by atoms with Crippen molar-refractivity contribution in [2.45, 2.75) is 52.4 Å². The number of carboxylic acid groups (broad SMARTS) is 1. The number of aromatic nitrogens is 2. The summed E-state index contributed by atoms with van der Waals surface area (Å²) in [5.41, 5.74) is 1.59. The zero-order valence-electron chi connectivity index (χ0n) is 12.3. The van der Waals surface area contributed by atoms with Crippen molar-refractivity contribution in [2.24, 2.45) is 5.41 Å². The van der Waals surface area contributed by atoms with Gasteiger partial charge >= 0.3 is 5.97 Å². The second kappa shape index (κ2) is 6.20. The zero-order chi connectivity index (χ0) is 14.6. The minimum absolute atomic E-state index is 0.137. The molecule has 5 nitrogen and oxygen atoms in total. The van der Waals surface area contributed by atoms with E-state index in [2.05, 4.69) is 15.3 Å². The average molecular weight is 277 g/mol. The van der Waals surface area contributed by atoms with E-state index >= 15 is 0 Å². The molecule has 2 rings (SSSR count). The van der Waals surface area contributed by atoms with Gasteiger partial charge in [0.1, 0.15) is 5.82 Å². The van der Waals surface area contributed by atoms with Crippen LogP contribution in [0.4, 0.5) is 5.82 Å². The van der Waals surface area contributed by atoms with Crippen LogP contribution in [-0.4, -0.2) is 27.6 Å². The second-order valence-electron chi connectivity index (χ2n) is 5.93. The first-order valence-electron chi connectivity index (χ1n) is 7.27. The summed E-state index contributed by atoms with van der Waals surface area (Å²) in [5.74, 6) is 0.0704. The second-order valence-corrected chi connectivity index (χ2v) is 5.93. The number of nitrogens with zero attached hydrogens (tertiary/aromatic N) is 2. The van der Waals surface area contributed by atoms with Crippen LogP contribution in [0.25, 0.3) is 0 Å². The Kier molecular flexibility index (Phi) is 4.57. The first-order chi connectivity index (χ1) is 9.51. The van der Waals surface area contributed by atoms with Crippen LogP contribution in [0.1, 0.15) is 49.9 Å². The smallest absolute Gasteiger partial charge is 0.303 e. The molecule has 1 heterocycles. The maximum absolute atomic E-state index is 11.1. The summed E-state index contributed by atoms with van der Waals surface area (Å²) >= 11 is 0. The van der Waals surface area contributed by atoms with Crippen LogP contribution < -0.4 is 5.32 Å². The molecule has 0 atom stereocenters. The quantitative estimate of drug-likeness (QED) is 0.865. The zero-order valence-corrected chi connectivity index (χ0v) is 12.3. The molecule has 5 heteroatoms. The molecule has 0 bridgehead atoms. The third-order valence-electron chi connectivity index (χ3n) is 4.15. The largest absolute Gasteiger partial charge is 0.481 e. The number of carbonyl (C=O) groups is 1. The minimum atomic E-state index is -0.708. The maximum Gasteiger partial charge on any atom is 0.303 e. The number of nitrogens with one attached hydrogen (secondary N) is 1. The van der Waals surface area contributed by atoms with Gasteiger partial charge in [0.15, 0.2) is 0 Å². The van der Waals surface area contributed by atoms with Crippen molar-refractivity contribution in [1.29, 1.82) is 0 Å². The van der Waals surface area contributed by atoms with E-state index in [1.54, 1.807) is 6.20 Å². The summed E-state index contributed by atoms with van der Waals surface area (Å²) in [4.78, 5) is 19.9. The van der Waals surface area contributed by atoms with E-state index in [4.69, 9.17) is 0 Å². The van der Waals surface area contributed by atoms with Crippen LogP contribution in [0.15, 0.2) is 6.20 Å². The van der Waals surface area contributed by atoms with E-state index in [1.807, 2.05) is 13.8 Å². The van der Waals surface area contributed by atoms with E-state index in [1.165, 1.54) is 6.42 Å². The predicted octanol–water partition coefficient (Wildman–Crippen LogP) is 2.93. The molecule has 0 aliphatic heterocycles. The van der Waals surface area contributed by atoms with Gasteiger partial charge in [-0.15, -0.1) is 0 Å². The summed E-state index contributed by atoms with van der Waals surface area (Å²) in [6.45, 7) is 4.49. The topological polar surface area (TPSA) is 75.1 Å². The lowest BCUT2D eigenvalue weighted by Gasteiger charge is -2.36. The molecule has 1 saturated carbocycles. The normalized spacial score (nSPS) is 17.7. The summed E-state index contributed by atoms with van der Waals surface area (Å²) < 4.78 is 0. The van der Waals surface area contributed by atoms with Gasteiger partial charge in [0.2, 0.25) is 0 Å². The van der Waals surface area contributed by atoms with Gasteiger partial charge in [-0.2, -0.15) is 0 Å². The van der Waals surface area contributed by atoms with Gasteiger partial charge in [0.25, 0.3) is 0 Å². The average Bonchev–Trinajstić information content (AvgIpc) is 2.40. The van der Waals surface area contributed by atoms with Crippen molar-refractivity contribution in [3.05, 3.63) is 17.6 Å². The van der Waals surface area contributed by atoms with Gasteiger partial charge in [-0.3, -0.25) is 9.78 Å². The Bertz CT molecular complexity index is 482. The highest BCUT2D eigenvalue weighted by atomic mass is 16.4. The van der Waals surface area contributed by atoms with Gasteiger partial charge in [-0.1, -0.05) is 19.3 Å². The Morgan fingerprint density at radius 3 is 2.70 bits per heavy atom. The molecule has 1 aromatic heterocycles. The minimum Gasteiger partial charge on any atom is -0.481 e. The van der Waals surface area contributed by atoms with E-state index in [0.717, 1.165) is 42.9 Å². The highest BCUT2D eigenvalue weighted by Crippen LogP contribution is 2.39. The summed E-state index contributed by atoms with van der Waals surface area (Å²) in [6, 6.07) is 0. The third kappa shape index (κ3) is 3.68. The molecule has 1 aromatic rings. The standard InChI is InChI=1S/C15H23N3O2/c1-11-9-16-12(2)14(18-11)17-10-15(8-13(19)20)6-4-3-5-7-15/h9H,3-8,10H2,1-2H3,(H,17,18)(H,19,20). The van der Waals surface area contributed by atoms with Crippen molar-refractivity contribution in [1.82, 2.24) is 9.97 Å². The third-order valence-corrected chi connectivity index (χ3v) is 4.15. The Hall–Kier alpha value is -1.65. The molecular weight excluding hydrogens is 254 g/mol.